The second-order valence-electron chi connectivity index (χ2n) is 7.98. The Kier molecular flexibility index (Phi) is 6.51. The summed E-state index contributed by atoms with van der Waals surface area (Å²) >= 11 is 0. The lowest BCUT2D eigenvalue weighted by Crippen LogP contribution is -2.52. The predicted molar refractivity (Wildman–Crippen MR) is 118 cm³/mol. The molecule has 0 spiro atoms. The molecule has 7 heteroatoms. The molecule has 0 radical (unpaired) electrons. The second-order valence-corrected chi connectivity index (χ2v) is 7.98. The van der Waals surface area contributed by atoms with Crippen molar-refractivity contribution in [3.8, 4) is 5.75 Å². The largest absolute Gasteiger partial charge is 0.494 e. The number of benzene rings is 2. The van der Waals surface area contributed by atoms with Crippen molar-refractivity contribution in [1.29, 1.82) is 0 Å². The fraction of sp³-hybridized carbons (Fsp3) is 0.417. The van der Waals surface area contributed by atoms with Crippen LogP contribution in [-0.2, 0) is 9.59 Å². The van der Waals surface area contributed by atoms with Crippen LogP contribution in [0.1, 0.15) is 26.2 Å². The van der Waals surface area contributed by atoms with E-state index in [9.17, 15) is 14.0 Å². The van der Waals surface area contributed by atoms with Crippen LogP contribution in [0.25, 0.3) is 0 Å². The quantitative estimate of drug-likeness (QED) is 0.502. The fourth-order valence-corrected chi connectivity index (χ4v) is 4.14. The van der Waals surface area contributed by atoms with Gasteiger partial charge in [-0.05, 0) is 55.0 Å². The van der Waals surface area contributed by atoms with Crippen molar-refractivity contribution >= 4 is 23.2 Å². The molecule has 1 unspecified atom stereocenters. The minimum absolute atomic E-state index is 0.167. The van der Waals surface area contributed by atoms with Gasteiger partial charge in [-0.15, -0.1) is 0 Å². The number of ether oxygens (including phenoxy) is 1. The Bertz CT molecular complexity index is 909. The van der Waals surface area contributed by atoms with Gasteiger partial charge in [-0.1, -0.05) is 13.3 Å². The fourth-order valence-electron chi connectivity index (χ4n) is 4.14. The number of halogens is 1. The highest BCUT2D eigenvalue weighted by Crippen LogP contribution is 2.28. The maximum atomic E-state index is 13.2. The van der Waals surface area contributed by atoms with Crippen molar-refractivity contribution < 1.29 is 18.7 Å². The van der Waals surface area contributed by atoms with Crippen LogP contribution < -0.4 is 14.5 Å². The lowest BCUT2D eigenvalue weighted by Gasteiger charge is -2.38. The van der Waals surface area contributed by atoms with E-state index in [2.05, 4.69) is 16.7 Å². The summed E-state index contributed by atoms with van der Waals surface area (Å²) in [7, 11) is 0. The Morgan fingerprint density at radius 3 is 2.23 bits per heavy atom. The average molecular weight is 426 g/mol. The van der Waals surface area contributed by atoms with E-state index in [1.807, 2.05) is 0 Å². The first-order valence-corrected chi connectivity index (χ1v) is 10.9. The minimum Gasteiger partial charge on any atom is -0.494 e. The lowest BCUT2D eigenvalue weighted by molar-refractivity contribution is -0.123. The molecule has 164 valence electrons. The molecule has 0 saturated carbocycles. The van der Waals surface area contributed by atoms with Gasteiger partial charge in [-0.3, -0.25) is 14.5 Å². The molecule has 2 aliphatic heterocycles. The Morgan fingerprint density at radius 2 is 1.58 bits per heavy atom. The van der Waals surface area contributed by atoms with Crippen LogP contribution in [0, 0.1) is 5.82 Å². The Balaban J connectivity index is 1.37. The normalized spacial score (nSPS) is 19.9. The van der Waals surface area contributed by atoms with Gasteiger partial charge in [0.2, 0.25) is 5.91 Å². The number of carbonyl (C=O) groups is 2. The van der Waals surface area contributed by atoms with Gasteiger partial charge >= 0.3 is 0 Å². The predicted octanol–water partition coefficient (Wildman–Crippen LogP) is 3.46. The van der Waals surface area contributed by atoms with E-state index in [1.54, 1.807) is 36.4 Å². The molecule has 0 aliphatic carbocycles. The highest BCUT2D eigenvalue weighted by molar-refractivity contribution is 6.22. The Labute approximate surface area is 182 Å². The molecule has 0 bridgehead atoms. The van der Waals surface area contributed by atoms with Crippen LogP contribution in [0.2, 0.25) is 0 Å². The third kappa shape index (κ3) is 4.71. The molecule has 2 fully saturated rings. The molecule has 2 amide bonds. The lowest BCUT2D eigenvalue weighted by atomic mass is 10.1. The number of nitrogens with zero attached hydrogens (tertiary/aromatic N) is 3. The van der Waals surface area contributed by atoms with E-state index in [4.69, 9.17) is 4.74 Å². The van der Waals surface area contributed by atoms with Gasteiger partial charge in [0.15, 0.2) is 0 Å². The number of hydrogen-bond donors (Lipinski definition) is 0. The zero-order valence-corrected chi connectivity index (χ0v) is 17.8. The zero-order valence-electron chi connectivity index (χ0n) is 17.8. The molecule has 1 atom stereocenters. The van der Waals surface area contributed by atoms with Crippen molar-refractivity contribution in [2.24, 2.45) is 0 Å². The summed E-state index contributed by atoms with van der Waals surface area (Å²) in [6.07, 6.45) is 2.25. The summed E-state index contributed by atoms with van der Waals surface area (Å²) in [5.41, 5.74) is 1.56. The molecular formula is C24H28FN3O3. The summed E-state index contributed by atoms with van der Waals surface area (Å²) in [5, 5.41) is 0. The summed E-state index contributed by atoms with van der Waals surface area (Å²) < 4.78 is 18.8. The van der Waals surface area contributed by atoms with E-state index in [-0.39, 0.29) is 24.1 Å². The van der Waals surface area contributed by atoms with Crippen LogP contribution >= 0.6 is 0 Å². The van der Waals surface area contributed by atoms with Gasteiger partial charge in [0, 0.05) is 31.9 Å². The third-order valence-corrected chi connectivity index (χ3v) is 5.93. The van der Waals surface area contributed by atoms with Crippen molar-refractivity contribution in [3.63, 3.8) is 0 Å². The second kappa shape index (κ2) is 9.47. The van der Waals surface area contributed by atoms with Crippen molar-refractivity contribution in [2.75, 3.05) is 42.6 Å². The van der Waals surface area contributed by atoms with Crippen molar-refractivity contribution in [3.05, 3.63) is 54.3 Å². The molecule has 0 N–H and O–H groups in total. The number of amides is 2. The number of piperazine rings is 1. The SMILES string of the molecule is CCCCOc1ccc(N2C(=O)CC(N3CCN(c4ccc(F)cc4)CC3)C2=O)cc1. The first-order chi connectivity index (χ1) is 15.1. The van der Waals surface area contributed by atoms with E-state index in [1.165, 1.54) is 17.0 Å². The average Bonchev–Trinajstić information content (AvgIpc) is 3.09. The smallest absolute Gasteiger partial charge is 0.251 e. The molecule has 4 rings (SSSR count). The van der Waals surface area contributed by atoms with Crippen LogP contribution in [0.5, 0.6) is 5.75 Å². The Morgan fingerprint density at radius 1 is 0.935 bits per heavy atom. The third-order valence-electron chi connectivity index (χ3n) is 5.93. The van der Waals surface area contributed by atoms with E-state index in [0.717, 1.165) is 37.4 Å². The van der Waals surface area contributed by atoms with E-state index < -0.39 is 6.04 Å². The molecule has 2 heterocycles. The van der Waals surface area contributed by atoms with Crippen LogP contribution in [0.15, 0.2) is 48.5 Å². The van der Waals surface area contributed by atoms with Gasteiger partial charge < -0.3 is 9.64 Å². The number of hydrogen-bond acceptors (Lipinski definition) is 5. The number of carbonyl (C=O) groups excluding carboxylic acids is 2. The highest BCUT2D eigenvalue weighted by atomic mass is 19.1. The summed E-state index contributed by atoms with van der Waals surface area (Å²) in [4.78, 5) is 31.3. The van der Waals surface area contributed by atoms with Crippen molar-refractivity contribution in [1.82, 2.24) is 4.90 Å². The van der Waals surface area contributed by atoms with E-state index in [0.29, 0.717) is 25.4 Å². The first-order valence-electron chi connectivity index (χ1n) is 10.9. The minimum atomic E-state index is -0.427. The summed E-state index contributed by atoms with van der Waals surface area (Å²) in [6.45, 7) is 5.58. The van der Waals surface area contributed by atoms with Crippen molar-refractivity contribution in [2.45, 2.75) is 32.2 Å². The van der Waals surface area contributed by atoms with Gasteiger partial charge in [0.25, 0.3) is 5.91 Å². The van der Waals surface area contributed by atoms with E-state index >= 15 is 0 Å². The van der Waals surface area contributed by atoms with Gasteiger partial charge in [-0.25, -0.2) is 9.29 Å². The van der Waals surface area contributed by atoms with Crippen LogP contribution in [-0.4, -0.2) is 55.5 Å². The maximum absolute atomic E-state index is 13.2. The van der Waals surface area contributed by atoms with Gasteiger partial charge in [0.1, 0.15) is 11.6 Å². The zero-order chi connectivity index (χ0) is 21.8. The molecular weight excluding hydrogens is 397 g/mol. The van der Waals surface area contributed by atoms with Gasteiger partial charge in [0.05, 0.1) is 24.8 Å². The van der Waals surface area contributed by atoms with Gasteiger partial charge in [-0.2, -0.15) is 0 Å². The summed E-state index contributed by atoms with van der Waals surface area (Å²) in [6, 6.07) is 13.2. The number of unbranched alkanes of at least 4 members (excludes halogenated alkanes) is 1. The number of imide groups is 1. The summed E-state index contributed by atoms with van der Waals surface area (Å²) in [5.74, 6) is 0.151. The first kappa shape index (κ1) is 21.3. The van der Waals surface area contributed by atoms with Crippen LogP contribution in [0.4, 0.5) is 15.8 Å². The molecule has 6 nitrogen and oxygen atoms in total. The molecule has 0 aromatic heterocycles. The monoisotopic (exact) mass is 425 g/mol. The molecule has 2 saturated heterocycles. The molecule has 31 heavy (non-hydrogen) atoms. The number of rotatable bonds is 7. The van der Waals surface area contributed by atoms with Crippen LogP contribution in [0.3, 0.4) is 0 Å². The Hall–Kier alpha value is -2.93. The highest BCUT2D eigenvalue weighted by Gasteiger charge is 2.43. The number of anilines is 2. The molecule has 2 aromatic rings. The standard InChI is InChI=1S/C24H28FN3O3/c1-2-3-16-31-21-10-8-20(9-11-21)28-23(29)17-22(24(28)30)27-14-12-26(13-15-27)19-6-4-18(25)5-7-19/h4-11,22H,2-3,12-17H2,1H3. The maximum Gasteiger partial charge on any atom is 0.251 e. The molecule has 2 aliphatic rings. The molecule has 2 aromatic carbocycles. The topological polar surface area (TPSA) is 53.1 Å².